The molecule has 0 radical (unpaired) electrons. The lowest BCUT2D eigenvalue weighted by atomic mass is 9.85. The van der Waals surface area contributed by atoms with Crippen LogP contribution in [0.2, 0.25) is 0 Å². The molecule has 4 nitrogen and oxygen atoms in total. The highest BCUT2D eigenvalue weighted by Crippen LogP contribution is 2.37. The van der Waals surface area contributed by atoms with E-state index in [1.807, 2.05) is 6.92 Å². The van der Waals surface area contributed by atoms with Crippen molar-refractivity contribution in [2.24, 2.45) is 5.92 Å². The molecule has 1 saturated heterocycles. The van der Waals surface area contributed by atoms with Crippen molar-refractivity contribution in [2.75, 3.05) is 26.3 Å². The molecule has 1 N–H and O–H groups in total. The average molecular weight is 322 g/mol. The third-order valence-electron chi connectivity index (χ3n) is 4.60. The SMILES string of the molecule is CC[C@H](N[C@@H]1CCC[C@@H](C(F)(F)F)C1)C(=O)N1CCOCC1. The number of halogens is 3. The third-order valence-corrected chi connectivity index (χ3v) is 4.60. The molecule has 0 unspecified atom stereocenters. The number of hydrogen-bond acceptors (Lipinski definition) is 3. The summed E-state index contributed by atoms with van der Waals surface area (Å²) in [7, 11) is 0. The lowest BCUT2D eigenvalue weighted by Crippen LogP contribution is -2.53. The second kappa shape index (κ2) is 7.64. The minimum absolute atomic E-state index is 0.0140. The maximum Gasteiger partial charge on any atom is 0.391 e. The molecular formula is C15H25F3N2O2. The molecule has 0 aromatic carbocycles. The summed E-state index contributed by atoms with van der Waals surface area (Å²) in [6.45, 7) is 4.07. The van der Waals surface area contributed by atoms with Gasteiger partial charge in [0.1, 0.15) is 0 Å². The van der Waals surface area contributed by atoms with Gasteiger partial charge in [-0.25, -0.2) is 0 Å². The summed E-state index contributed by atoms with van der Waals surface area (Å²) < 4.78 is 43.8. The standard InChI is InChI=1S/C15H25F3N2O2/c1-2-13(14(21)20-6-8-22-9-7-20)19-12-5-3-4-11(10-12)15(16,17)18/h11-13,19H,2-10H2,1H3/t11-,12-,13+/m1/s1. The van der Waals surface area contributed by atoms with E-state index in [-0.39, 0.29) is 24.8 Å². The largest absolute Gasteiger partial charge is 0.391 e. The molecule has 1 aliphatic carbocycles. The van der Waals surface area contributed by atoms with Crippen LogP contribution in [-0.4, -0.2) is 55.4 Å². The van der Waals surface area contributed by atoms with Gasteiger partial charge in [0.15, 0.2) is 0 Å². The van der Waals surface area contributed by atoms with Gasteiger partial charge in [-0.15, -0.1) is 0 Å². The first kappa shape index (κ1) is 17.5. The fourth-order valence-electron chi connectivity index (χ4n) is 3.29. The number of hydrogen-bond donors (Lipinski definition) is 1. The van der Waals surface area contributed by atoms with Gasteiger partial charge in [-0.05, 0) is 25.7 Å². The Morgan fingerprint density at radius 1 is 1.32 bits per heavy atom. The van der Waals surface area contributed by atoms with Crippen molar-refractivity contribution in [1.29, 1.82) is 0 Å². The van der Waals surface area contributed by atoms with Crippen LogP contribution in [0.5, 0.6) is 0 Å². The van der Waals surface area contributed by atoms with E-state index in [1.54, 1.807) is 4.90 Å². The molecule has 3 atom stereocenters. The Kier molecular flexibility index (Phi) is 6.09. The van der Waals surface area contributed by atoms with Crippen LogP contribution in [-0.2, 0) is 9.53 Å². The van der Waals surface area contributed by atoms with Crippen LogP contribution in [0.15, 0.2) is 0 Å². The minimum atomic E-state index is -4.13. The van der Waals surface area contributed by atoms with Crippen LogP contribution in [0.4, 0.5) is 13.2 Å². The van der Waals surface area contributed by atoms with E-state index < -0.39 is 18.1 Å². The maximum atomic E-state index is 12.9. The number of rotatable bonds is 4. The molecule has 128 valence electrons. The molecule has 2 aliphatic rings. The van der Waals surface area contributed by atoms with Crippen molar-refractivity contribution < 1.29 is 22.7 Å². The molecule has 7 heteroatoms. The van der Waals surface area contributed by atoms with E-state index in [0.717, 1.165) is 0 Å². The fraction of sp³-hybridized carbons (Fsp3) is 0.933. The highest BCUT2D eigenvalue weighted by molar-refractivity contribution is 5.82. The van der Waals surface area contributed by atoms with Crippen LogP contribution < -0.4 is 5.32 Å². The monoisotopic (exact) mass is 322 g/mol. The molecule has 1 heterocycles. The van der Waals surface area contributed by atoms with Gasteiger partial charge in [-0.3, -0.25) is 4.79 Å². The first-order valence-corrected chi connectivity index (χ1v) is 8.11. The average Bonchev–Trinajstić information content (AvgIpc) is 2.52. The van der Waals surface area contributed by atoms with Crippen LogP contribution in [0, 0.1) is 5.92 Å². The maximum absolute atomic E-state index is 12.9. The second-order valence-corrected chi connectivity index (χ2v) is 6.17. The van der Waals surface area contributed by atoms with Gasteiger partial charge in [-0.2, -0.15) is 13.2 Å². The molecule has 22 heavy (non-hydrogen) atoms. The predicted octanol–water partition coefficient (Wildman–Crippen LogP) is 2.33. The number of morpholine rings is 1. The van der Waals surface area contributed by atoms with E-state index in [0.29, 0.717) is 45.6 Å². The first-order chi connectivity index (χ1) is 10.4. The van der Waals surface area contributed by atoms with E-state index in [2.05, 4.69) is 5.32 Å². The van der Waals surface area contributed by atoms with Crippen molar-refractivity contribution in [1.82, 2.24) is 10.2 Å². The van der Waals surface area contributed by atoms with Crippen LogP contribution in [0.1, 0.15) is 39.0 Å². The third kappa shape index (κ3) is 4.59. The number of carbonyl (C=O) groups excluding carboxylic acids is 1. The van der Waals surface area contributed by atoms with Crippen LogP contribution >= 0.6 is 0 Å². The predicted molar refractivity (Wildman–Crippen MR) is 76.4 cm³/mol. The van der Waals surface area contributed by atoms with Gasteiger partial charge in [0.2, 0.25) is 5.91 Å². The second-order valence-electron chi connectivity index (χ2n) is 6.17. The number of carbonyl (C=O) groups is 1. The first-order valence-electron chi connectivity index (χ1n) is 8.11. The van der Waals surface area contributed by atoms with E-state index in [1.165, 1.54) is 0 Å². The zero-order chi connectivity index (χ0) is 16.2. The quantitative estimate of drug-likeness (QED) is 0.864. The van der Waals surface area contributed by atoms with Crippen molar-refractivity contribution in [3.8, 4) is 0 Å². The normalized spacial score (nSPS) is 28.5. The highest BCUT2D eigenvalue weighted by Gasteiger charge is 2.42. The Hall–Kier alpha value is -0.820. The Morgan fingerprint density at radius 2 is 2.00 bits per heavy atom. The summed E-state index contributed by atoms with van der Waals surface area (Å²) in [4.78, 5) is 14.2. The Labute approximate surface area is 129 Å². The van der Waals surface area contributed by atoms with Crippen molar-refractivity contribution in [3.63, 3.8) is 0 Å². The molecule has 0 bridgehead atoms. The highest BCUT2D eigenvalue weighted by atomic mass is 19.4. The van der Waals surface area contributed by atoms with E-state index >= 15 is 0 Å². The van der Waals surface area contributed by atoms with Gasteiger partial charge >= 0.3 is 6.18 Å². The Morgan fingerprint density at radius 3 is 2.59 bits per heavy atom. The Bertz CT molecular complexity index is 370. The summed E-state index contributed by atoms with van der Waals surface area (Å²) in [6, 6.07) is -0.620. The number of nitrogens with one attached hydrogen (secondary N) is 1. The molecule has 0 spiro atoms. The Balaban J connectivity index is 1.90. The lowest BCUT2D eigenvalue weighted by Gasteiger charge is -2.35. The van der Waals surface area contributed by atoms with Crippen molar-refractivity contribution in [2.45, 2.75) is 57.3 Å². The lowest BCUT2D eigenvalue weighted by molar-refractivity contribution is -0.183. The number of ether oxygens (including phenoxy) is 1. The van der Waals surface area contributed by atoms with E-state index in [9.17, 15) is 18.0 Å². The molecule has 0 aromatic rings. The van der Waals surface area contributed by atoms with Gasteiger partial charge in [0.25, 0.3) is 0 Å². The van der Waals surface area contributed by atoms with Gasteiger partial charge in [-0.1, -0.05) is 13.3 Å². The topological polar surface area (TPSA) is 41.6 Å². The van der Waals surface area contributed by atoms with Gasteiger partial charge < -0.3 is 15.0 Å². The van der Waals surface area contributed by atoms with Gasteiger partial charge in [0, 0.05) is 19.1 Å². The number of nitrogens with zero attached hydrogens (tertiary/aromatic N) is 1. The molecule has 0 aromatic heterocycles. The molecule has 1 amide bonds. The summed E-state index contributed by atoms with van der Waals surface area (Å²) in [5.41, 5.74) is 0. The molecule has 2 rings (SSSR count). The van der Waals surface area contributed by atoms with Crippen molar-refractivity contribution in [3.05, 3.63) is 0 Å². The summed E-state index contributed by atoms with van der Waals surface area (Å²) in [5.74, 6) is -1.25. The smallest absolute Gasteiger partial charge is 0.378 e. The molecule has 1 aliphatic heterocycles. The molecule has 2 fully saturated rings. The zero-order valence-electron chi connectivity index (χ0n) is 13.0. The van der Waals surface area contributed by atoms with Crippen LogP contribution in [0.25, 0.3) is 0 Å². The fourth-order valence-corrected chi connectivity index (χ4v) is 3.29. The molecular weight excluding hydrogens is 297 g/mol. The van der Waals surface area contributed by atoms with Gasteiger partial charge in [0.05, 0.1) is 25.2 Å². The van der Waals surface area contributed by atoms with Crippen LogP contribution in [0.3, 0.4) is 0 Å². The number of alkyl halides is 3. The molecule has 1 saturated carbocycles. The van der Waals surface area contributed by atoms with E-state index in [4.69, 9.17) is 4.74 Å². The summed E-state index contributed by atoms with van der Waals surface area (Å²) in [5, 5.41) is 3.17. The summed E-state index contributed by atoms with van der Waals surface area (Å²) in [6.07, 6.45) is -1.99. The van der Waals surface area contributed by atoms with Crippen molar-refractivity contribution >= 4 is 5.91 Å². The minimum Gasteiger partial charge on any atom is -0.378 e. The zero-order valence-corrected chi connectivity index (χ0v) is 13.0. The summed E-state index contributed by atoms with van der Waals surface area (Å²) >= 11 is 0. The number of amides is 1.